The molecule has 0 bridgehead atoms. The summed E-state index contributed by atoms with van der Waals surface area (Å²) >= 11 is 5.92. The highest BCUT2D eigenvalue weighted by atomic mass is 35.5. The molecule has 4 nitrogen and oxygen atoms in total. The summed E-state index contributed by atoms with van der Waals surface area (Å²) in [5.74, 6) is 0.444. The van der Waals surface area contributed by atoms with Crippen LogP contribution < -0.4 is 9.46 Å². The first kappa shape index (κ1) is 16.6. The number of para-hydroxylation sites is 1. The third-order valence-corrected chi connectivity index (χ3v) is 4.86. The van der Waals surface area contributed by atoms with Crippen LogP contribution in [0.1, 0.15) is 25.3 Å². The van der Waals surface area contributed by atoms with Gasteiger partial charge < -0.3 is 4.74 Å². The Kier molecular flexibility index (Phi) is 4.98. The van der Waals surface area contributed by atoms with Crippen molar-refractivity contribution >= 4 is 27.3 Å². The first-order chi connectivity index (χ1) is 10.3. The third kappa shape index (κ3) is 3.54. The molecule has 0 aliphatic carbocycles. The van der Waals surface area contributed by atoms with Crippen molar-refractivity contribution in [3.8, 4) is 5.75 Å². The number of nitrogens with one attached hydrogen (secondary N) is 1. The van der Waals surface area contributed by atoms with Crippen LogP contribution in [-0.4, -0.2) is 15.5 Å². The summed E-state index contributed by atoms with van der Waals surface area (Å²) in [6, 6.07) is 11.8. The van der Waals surface area contributed by atoms with Gasteiger partial charge in [-0.05, 0) is 35.7 Å². The molecule has 2 aromatic rings. The fourth-order valence-corrected chi connectivity index (χ4v) is 3.67. The van der Waals surface area contributed by atoms with Crippen LogP contribution in [0.5, 0.6) is 5.75 Å². The van der Waals surface area contributed by atoms with Crippen molar-refractivity contribution in [1.29, 1.82) is 0 Å². The molecule has 0 aromatic heterocycles. The molecule has 0 heterocycles. The van der Waals surface area contributed by atoms with Crippen molar-refractivity contribution in [2.75, 3.05) is 11.8 Å². The van der Waals surface area contributed by atoms with E-state index in [2.05, 4.69) is 4.72 Å². The standard InChI is InChI=1S/C16H18ClNO3S/c1-11(2)13-6-4-5-7-14(13)18-22(19,20)16-10-12(17)8-9-15(16)21-3/h4-11,18H,1-3H3. The number of anilines is 1. The molecule has 2 aromatic carbocycles. The molecule has 0 fully saturated rings. The van der Waals surface area contributed by atoms with Crippen molar-refractivity contribution in [3.63, 3.8) is 0 Å². The zero-order valence-electron chi connectivity index (χ0n) is 12.6. The van der Waals surface area contributed by atoms with E-state index in [0.717, 1.165) is 5.56 Å². The Hall–Kier alpha value is -1.72. The van der Waals surface area contributed by atoms with E-state index in [0.29, 0.717) is 10.7 Å². The predicted molar refractivity (Wildman–Crippen MR) is 89.3 cm³/mol. The summed E-state index contributed by atoms with van der Waals surface area (Å²) in [5, 5.41) is 0.332. The van der Waals surface area contributed by atoms with Gasteiger partial charge in [0.05, 0.1) is 12.8 Å². The summed E-state index contributed by atoms with van der Waals surface area (Å²) in [6.07, 6.45) is 0. The molecule has 22 heavy (non-hydrogen) atoms. The molecule has 6 heteroatoms. The highest BCUT2D eigenvalue weighted by molar-refractivity contribution is 7.92. The molecule has 0 unspecified atom stereocenters. The normalized spacial score (nSPS) is 11.5. The SMILES string of the molecule is COc1ccc(Cl)cc1S(=O)(=O)Nc1ccccc1C(C)C. The molecule has 2 rings (SSSR count). The van der Waals surface area contributed by atoms with Gasteiger partial charge in [0.2, 0.25) is 0 Å². The number of ether oxygens (including phenoxy) is 1. The Bertz CT molecular complexity index is 773. The number of rotatable bonds is 5. The minimum absolute atomic E-state index is 0.0149. The average Bonchev–Trinajstić information content (AvgIpc) is 2.47. The molecule has 0 radical (unpaired) electrons. The average molecular weight is 340 g/mol. The lowest BCUT2D eigenvalue weighted by atomic mass is 10.0. The van der Waals surface area contributed by atoms with E-state index in [1.54, 1.807) is 18.2 Å². The number of methoxy groups -OCH3 is 1. The van der Waals surface area contributed by atoms with Gasteiger partial charge in [-0.25, -0.2) is 8.42 Å². The molecule has 118 valence electrons. The topological polar surface area (TPSA) is 55.4 Å². The van der Waals surface area contributed by atoms with Gasteiger partial charge in [0.1, 0.15) is 10.6 Å². The summed E-state index contributed by atoms with van der Waals surface area (Å²) in [6.45, 7) is 4.01. The minimum Gasteiger partial charge on any atom is -0.495 e. The van der Waals surface area contributed by atoms with Crippen LogP contribution in [0.2, 0.25) is 5.02 Å². The smallest absolute Gasteiger partial charge is 0.265 e. The van der Waals surface area contributed by atoms with E-state index < -0.39 is 10.0 Å². The molecular formula is C16H18ClNO3S. The Balaban J connectivity index is 2.47. The first-order valence-corrected chi connectivity index (χ1v) is 8.66. The second kappa shape index (κ2) is 6.58. The van der Waals surface area contributed by atoms with Crippen LogP contribution in [-0.2, 0) is 10.0 Å². The molecule has 0 saturated carbocycles. The lowest BCUT2D eigenvalue weighted by molar-refractivity contribution is 0.403. The predicted octanol–water partition coefficient (Wildman–Crippen LogP) is 4.27. The van der Waals surface area contributed by atoms with E-state index in [1.807, 2.05) is 26.0 Å². The van der Waals surface area contributed by atoms with Gasteiger partial charge in [-0.1, -0.05) is 43.6 Å². The summed E-state index contributed by atoms with van der Waals surface area (Å²) < 4.78 is 33.1. The van der Waals surface area contributed by atoms with Crippen molar-refractivity contribution in [2.24, 2.45) is 0 Å². The number of benzene rings is 2. The molecule has 0 amide bonds. The van der Waals surface area contributed by atoms with Crippen molar-refractivity contribution in [2.45, 2.75) is 24.7 Å². The Morgan fingerprint density at radius 3 is 2.45 bits per heavy atom. The van der Waals surface area contributed by atoms with Gasteiger partial charge in [0.25, 0.3) is 10.0 Å². The maximum absolute atomic E-state index is 12.7. The monoisotopic (exact) mass is 339 g/mol. The molecule has 1 N–H and O–H groups in total. The van der Waals surface area contributed by atoms with E-state index >= 15 is 0 Å². The van der Waals surface area contributed by atoms with Crippen LogP contribution in [0.25, 0.3) is 0 Å². The summed E-state index contributed by atoms with van der Waals surface area (Å²) in [7, 11) is -2.37. The first-order valence-electron chi connectivity index (χ1n) is 6.80. The molecule has 0 saturated heterocycles. The number of hydrogen-bond acceptors (Lipinski definition) is 3. The molecule has 0 atom stereocenters. The maximum Gasteiger partial charge on any atom is 0.265 e. The summed E-state index contributed by atoms with van der Waals surface area (Å²) in [4.78, 5) is 0.0149. The van der Waals surface area contributed by atoms with E-state index in [-0.39, 0.29) is 16.6 Å². The highest BCUT2D eigenvalue weighted by Crippen LogP contribution is 2.31. The van der Waals surface area contributed by atoms with E-state index in [1.165, 1.54) is 19.2 Å². The lowest BCUT2D eigenvalue weighted by Crippen LogP contribution is -2.15. The Labute approximate surface area is 136 Å². The second-order valence-electron chi connectivity index (χ2n) is 5.14. The van der Waals surface area contributed by atoms with Crippen LogP contribution in [0.4, 0.5) is 5.69 Å². The molecule has 0 aliphatic rings. The third-order valence-electron chi connectivity index (χ3n) is 3.24. The fraction of sp³-hybridized carbons (Fsp3) is 0.250. The minimum atomic E-state index is -3.79. The van der Waals surface area contributed by atoms with Crippen LogP contribution in [0.15, 0.2) is 47.4 Å². The fourth-order valence-electron chi connectivity index (χ4n) is 2.15. The van der Waals surface area contributed by atoms with Crippen molar-refractivity contribution < 1.29 is 13.2 Å². The zero-order chi connectivity index (χ0) is 16.3. The summed E-state index contributed by atoms with van der Waals surface area (Å²) in [5.41, 5.74) is 1.48. The quantitative estimate of drug-likeness (QED) is 0.884. The van der Waals surface area contributed by atoms with E-state index in [9.17, 15) is 8.42 Å². The maximum atomic E-state index is 12.7. The number of sulfonamides is 1. The van der Waals surface area contributed by atoms with E-state index in [4.69, 9.17) is 16.3 Å². The van der Waals surface area contributed by atoms with Crippen molar-refractivity contribution in [3.05, 3.63) is 53.1 Å². The van der Waals surface area contributed by atoms with Gasteiger partial charge in [-0.15, -0.1) is 0 Å². The van der Waals surface area contributed by atoms with Crippen LogP contribution in [0, 0.1) is 0 Å². The van der Waals surface area contributed by atoms with Gasteiger partial charge in [0, 0.05) is 5.02 Å². The number of halogens is 1. The largest absolute Gasteiger partial charge is 0.495 e. The zero-order valence-corrected chi connectivity index (χ0v) is 14.2. The van der Waals surface area contributed by atoms with Gasteiger partial charge in [-0.3, -0.25) is 4.72 Å². The molecule has 0 aliphatic heterocycles. The Morgan fingerprint density at radius 2 is 1.82 bits per heavy atom. The molecular weight excluding hydrogens is 322 g/mol. The number of hydrogen-bond donors (Lipinski definition) is 1. The van der Waals surface area contributed by atoms with Crippen LogP contribution in [0.3, 0.4) is 0 Å². The van der Waals surface area contributed by atoms with Gasteiger partial charge in [-0.2, -0.15) is 0 Å². The lowest BCUT2D eigenvalue weighted by Gasteiger charge is -2.16. The Morgan fingerprint density at radius 1 is 1.14 bits per heavy atom. The highest BCUT2D eigenvalue weighted by Gasteiger charge is 2.21. The molecule has 0 spiro atoms. The van der Waals surface area contributed by atoms with Gasteiger partial charge in [0.15, 0.2) is 0 Å². The second-order valence-corrected chi connectivity index (χ2v) is 7.23. The van der Waals surface area contributed by atoms with Crippen molar-refractivity contribution in [1.82, 2.24) is 0 Å². The van der Waals surface area contributed by atoms with Gasteiger partial charge >= 0.3 is 0 Å². The van der Waals surface area contributed by atoms with Crippen LogP contribution >= 0.6 is 11.6 Å².